The largest absolute Gasteiger partial charge is 0.478 e. The van der Waals surface area contributed by atoms with Gasteiger partial charge in [-0.3, -0.25) is 0 Å². The molecule has 100 valence electrons. The summed E-state index contributed by atoms with van der Waals surface area (Å²) in [5.74, 6) is -1.27. The molecule has 1 aromatic rings. The van der Waals surface area contributed by atoms with E-state index in [9.17, 15) is 13.2 Å². The summed E-state index contributed by atoms with van der Waals surface area (Å²) in [6, 6.07) is 5.70. The van der Waals surface area contributed by atoms with Gasteiger partial charge in [0.1, 0.15) is 0 Å². The van der Waals surface area contributed by atoms with E-state index in [1.807, 2.05) is 19.0 Å². The molecular weight excluding hydrogens is 254 g/mol. The normalized spacial score (nSPS) is 11.7. The third kappa shape index (κ3) is 3.82. The van der Waals surface area contributed by atoms with Crippen molar-refractivity contribution in [3.05, 3.63) is 29.8 Å². The molecule has 0 fully saturated rings. The zero-order chi connectivity index (χ0) is 13.8. The molecule has 18 heavy (non-hydrogen) atoms. The van der Waals surface area contributed by atoms with Crippen molar-refractivity contribution in [1.29, 1.82) is 0 Å². The number of carboxylic acids is 1. The first-order valence-electron chi connectivity index (χ1n) is 5.54. The summed E-state index contributed by atoms with van der Waals surface area (Å²) in [5.41, 5.74) is -0.164. The van der Waals surface area contributed by atoms with Gasteiger partial charge in [0, 0.05) is 0 Å². The van der Waals surface area contributed by atoms with E-state index in [2.05, 4.69) is 0 Å². The second-order valence-corrected chi connectivity index (χ2v) is 6.35. The summed E-state index contributed by atoms with van der Waals surface area (Å²) in [4.78, 5) is 12.8. The van der Waals surface area contributed by atoms with Gasteiger partial charge in [-0.1, -0.05) is 12.1 Å². The topological polar surface area (TPSA) is 74.7 Å². The molecule has 1 aromatic carbocycles. The number of benzene rings is 1. The molecule has 0 atom stereocenters. The van der Waals surface area contributed by atoms with E-state index in [4.69, 9.17) is 5.11 Å². The van der Waals surface area contributed by atoms with Crippen LogP contribution in [0.2, 0.25) is 0 Å². The number of hydrogen-bond acceptors (Lipinski definition) is 4. The van der Waals surface area contributed by atoms with Crippen molar-refractivity contribution in [2.24, 2.45) is 0 Å². The minimum absolute atomic E-state index is 0.0462. The van der Waals surface area contributed by atoms with Gasteiger partial charge in [0.25, 0.3) is 0 Å². The third-order valence-electron chi connectivity index (χ3n) is 2.47. The lowest BCUT2D eigenvalue weighted by atomic mass is 10.2. The average Bonchev–Trinajstić information content (AvgIpc) is 2.28. The zero-order valence-corrected chi connectivity index (χ0v) is 11.3. The van der Waals surface area contributed by atoms with Crippen LogP contribution in [0, 0.1) is 0 Å². The van der Waals surface area contributed by atoms with E-state index in [0.717, 1.165) is 0 Å². The van der Waals surface area contributed by atoms with Gasteiger partial charge in [-0.25, -0.2) is 13.2 Å². The van der Waals surface area contributed by atoms with E-state index in [1.165, 1.54) is 24.3 Å². The summed E-state index contributed by atoms with van der Waals surface area (Å²) in [6.45, 7) is 0.647. The van der Waals surface area contributed by atoms with Crippen LogP contribution < -0.4 is 0 Å². The van der Waals surface area contributed by atoms with Crippen LogP contribution in [0.4, 0.5) is 0 Å². The molecule has 0 aromatic heterocycles. The highest BCUT2D eigenvalue weighted by Crippen LogP contribution is 2.17. The molecule has 1 N–H and O–H groups in total. The molecule has 0 aliphatic heterocycles. The van der Waals surface area contributed by atoms with E-state index >= 15 is 0 Å². The number of rotatable bonds is 6. The third-order valence-corrected chi connectivity index (χ3v) is 4.32. The summed E-state index contributed by atoms with van der Waals surface area (Å²) >= 11 is 0. The predicted octanol–water partition coefficient (Wildman–Crippen LogP) is 1.11. The van der Waals surface area contributed by atoms with Crippen molar-refractivity contribution in [2.45, 2.75) is 11.3 Å². The smallest absolute Gasteiger partial charge is 0.337 e. The van der Waals surface area contributed by atoms with Crippen molar-refractivity contribution >= 4 is 15.8 Å². The van der Waals surface area contributed by atoms with Gasteiger partial charge in [0.15, 0.2) is 9.84 Å². The molecule has 0 bridgehead atoms. The summed E-state index contributed by atoms with van der Waals surface area (Å²) in [7, 11) is 0.179. The number of hydrogen-bond donors (Lipinski definition) is 1. The van der Waals surface area contributed by atoms with Crippen LogP contribution in [0.1, 0.15) is 16.8 Å². The van der Waals surface area contributed by atoms with Gasteiger partial charge in [-0.15, -0.1) is 0 Å². The first-order valence-corrected chi connectivity index (χ1v) is 7.19. The van der Waals surface area contributed by atoms with Gasteiger partial charge >= 0.3 is 5.97 Å². The Balaban J connectivity index is 2.95. The Morgan fingerprint density at radius 1 is 1.28 bits per heavy atom. The molecular formula is C12H17NO4S. The minimum atomic E-state index is -3.54. The Labute approximate surface area is 107 Å². The average molecular weight is 271 g/mol. The van der Waals surface area contributed by atoms with Crippen LogP contribution in [0.15, 0.2) is 29.2 Å². The van der Waals surface area contributed by atoms with Gasteiger partial charge in [0.05, 0.1) is 16.2 Å². The van der Waals surface area contributed by atoms with Crippen LogP contribution in [0.25, 0.3) is 0 Å². The molecule has 0 saturated heterocycles. The van der Waals surface area contributed by atoms with E-state index in [1.54, 1.807) is 0 Å². The van der Waals surface area contributed by atoms with Crippen LogP contribution in [-0.2, 0) is 9.84 Å². The van der Waals surface area contributed by atoms with Gasteiger partial charge in [0.2, 0.25) is 0 Å². The minimum Gasteiger partial charge on any atom is -0.478 e. The number of sulfone groups is 1. The molecule has 0 radical (unpaired) electrons. The molecule has 6 heteroatoms. The van der Waals surface area contributed by atoms with Gasteiger partial charge in [-0.05, 0) is 39.2 Å². The number of carbonyl (C=O) groups is 1. The Hall–Kier alpha value is -1.40. The number of nitrogens with zero attached hydrogens (tertiary/aromatic N) is 1. The summed E-state index contributed by atoms with van der Waals surface area (Å²) in [6.07, 6.45) is 0.475. The predicted molar refractivity (Wildman–Crippen MR) is 68.6 cm³/mol. The Morgan fingerprint density at radius 2 is 1.89 bits per heavy atom. The maximum atomic E-state index is 12.1. The van der Waals surface area contributed by atoms with Crippen molar-refractivity contribution in [2.75, 3.05) is 26.4 Å². The number of aromatic carboxylic acids is 1. The van der Waals surface area contributed by atoms with Crippen LogP contribution in [0.5, 0.6) is 0 Å². The van der Waals surface area contributed by atoms with Gasteiger partial charge < -0.3 is 10.0 Å². The molecule has 0 heterocycles. The summed E-state index contributed by atoms with van der Waals surface area (Å²) in [5, 5.41) is 8.97. The quantitative estimate of drug-likeness (QED) is 0.839. The fourth-order valence-corrected chi connectivity index (χ4v) is 3.10. The van der Waals surface area contributed by atoms with Gasteiger partial charge in [-0.2, -0.15) is 0 Å². The van der Waals surface area contributed by atoms with Crippen molar-refractivity contribution in [1.82, 2.24) is 4.90 Å². The highest BCUT2D eigenvalue weighted by molar-refractivity contribution is 7.91. The van der Waals surface area contributed by atoms with Crippen LogP contribution >= 0.6 is 0 Å². The summed E-state index contributed by atoms with van der Waals surface area (Å²) < 4.78 is 24.1. The van der Waals surface area contributed by atoms with E-state index in [0.29, 0.717) is 13.0 Å². The molecule has 0 unspecified atom stereocenters. The molecule has 0 spiro atoms. The highest BCUT2D eigenvalue weighted by atomic mass is 32.2. The molecule has 5 nitrogen and oxygen atoms in total. The monoisotopic (exact) mass is 271 g/mol. The van der Waals surface area contributed by atoms with E-state index < -0.39 is 15.8 Å². The Bertz CT molecular complexity index is 523. The second-order valence-electron chi connectivity index (χ2n) is 4.28. The molecule has 0 aliphatic rings. The lowest BCUT2D eigenvalue weighted by Crippen LogP contribution is -2.18. The Kier molecular flexibility index (Phi) is 4.86. The zero-order valence-electron chi connectivity index (χ0n) is 10.5. The maximum absolute atomic E-state index is 12.1. The van der Waals surface area contributed by atoms with Crippen LogP contribution in [0.3, 0.4) is 0 Å². The first kappa shape index (κ1) is 14.7. The SMILES string of the molecule is CN(C)CCCS(=O)(=O)c1ccccc1C(=O)O. The number of carboxylic acid groups (broad SMARTS) is 1. The fraction of sp³-hybridized carbons (Fsp3) is 0.417. The maximum Gasteiger partial charge on any atom is 0.337 e. The van der Waals surface area contributed by atoms with Crippen molar-refractivity contribution in [3.8, 4) is 0 Å². The fourth-order valence-electron chi connectivity index (χ4n) is 1.60. The Morgan fingerprint density at radius 3 is 2.44 bits per heavy atom. The molecule has 0 saturated carbocycles. The van der Waals surface area contributed by atoms with Crippen molar-refractivity contribution < 1.29 is 18.3 Å². The lowest BCUT2D eigenvalue weighted by Gasteiger charge is -2.10. The highest BCUT2D eigenvalue weighted by Gasteiger charge is 2.21. The molecule has 0 amide bonds. The van der Waals surface area contributed by atoms with Crippen molar-refractivity contribution in [3.63, 3.8) is 0 Å². The standard InChI is InChI=1S/C12H17NO4S/c1-13(2)8-5-9-18(16,17)11-7-4-3-6-10(11)12(14)15/h3-4,6-7H,5,8-9H2,1-2H3,(H,14,15). The first-order chi connectivity index (χ1) is 8.34. The second kappa shape index (κ2) is 5.97. The molecule has 1 rings (SSSR count). The van der Waals surface area contributed by atoms with Crippen LogP contribution in [-0.4, -0.2) is 50.8 Å². The van der Waals surface area contributed by atoms with E-state index in [-0.39, 0.29) is 16.2 Å². The lowest BCUT2D eigenvalue weighted by molar-refractivity contribution is 0.0692. The molecule has 0 aliphatic carbocycles.